The zero-order valence-electron chi connectivity index (χ0n) is 18.4. The van der Waals surface area contributed by atoms with Crippen LogP contribution in [0.5, 0.6) is 11.5 Å². The van der Waals surface area contributed by atoms with Crippen molar-refractivity contribution >= 4 is 15.9 Å². The molecule has 0 radical (unpaired) electrons. The molecule has 1 N–H and O–H groups in total. The highest BCUT2D eigenvalue weighted by atomic mass is 32.2. The summed E-state index contributed by atoms with van der Waals surface area (Å²) < 4.78 is 40.8. The lowest BCUT2D eigenvalue weighted by Gasteiger charge is -2.35. The van der Waals surface area contributed by atoms with Gasteiger partial charge in [0.2, 0.25) is 10.0 Å². The van der Waals surface area contributed by atoms with Gasteiger partial charge in [0, 0.05) is 31.2 Å². The van der Waals surface area contributed by atoms with Crippen molar-refractivity contribution in [2.45, 2.75) is 62.0 Å². The Hall–Kier alpha value is -2.66. The number of benzene rings is 1. The van der Waals surface area contributed by atoms with Crippen molar-refractivity contribution in [3.05, 3.63) is 30.1 Å². The first-order valence-electron chi connectivity index (χ1n) is 10.9. The van der Waals surface area contributed by atoms with Gasteiger partial charge >= 0.3 is 0 Å². The molecule has 174 valence electrons. The van der Waals surface area contributed by atoms with E-state index in [4.69, 9.17) is 9.47 Å². The molecule has 1 aromatic heterocycles. The first-order chi connectivity index (χ1) is 15.4. The van der Waals surface area contributed by atoms with Crippen LogP contribution in [0.2, 0.25) is 0 Å². The van der Waals surface area contributed by atoms with Gasteiger partial charge < -0.3 is 14.8 Å². The average Bonchev–Trinajstić information content (AvgIpc) is 3.49. The molecule has 1 saturated heterocycles. The summed E-state index contributed by atoms with van der Waals surface area (Å²) in [5.74, 6) is 0.529. The number of hydrogen-bond donors (Lipinski definition) is 1. The molecule has 11 heteroatoms. The molecule has 1 amide bonds. The third kappa shape index (κ3) is 4.88. The number of sulfonamides is 1. The second-order valence-electron chi connectivity index (χ2n) is 8.19. The van der Waals surface area contributed by atoms with Crippen molar-refractivity contribution < 1.29 is 22.7 Å². The number of amides is 1. The number of aryl methyl sites for hydroxylation is 1. The SMILES string of the molecule is COc1ccc(OC)c(S(=O)(=O)N2CCCC[C@H]2CCn2cc(C(=O)NC3CC3)nn2)c1. The second-order valence-corrected chi connectivity index (χ2v) is 10.0. The number of carbonyl (C=O) groups is 1. The van der Waals surface area contributed by atoms with E-state index < -0.39 is 10.0 Å². The van der Waals surface area contributed by atoms with Gasteiger partial charge in [-0.2, -0.15) is 4.31 Å². The molecule has 2 aliphatic rings. The number of hydrogen-bond acceptors (Lipinski definition) is 7. The van der Waals surface area contributed by atoms with E-state index in [1.54, 1.807) is 27.3 Å². The normalized spacial score (nSPS) is 19.5. The first-order valence-corrected chi connectivity index (χ1v) is 12.3. The van der Waals surface area contributed by atoms with Gasteiger partial charge in [0.25, 0.3) is 5.91 Å². The van der Waals surface area contributed by atoms with Crippen molar-refractivity contribution in [1.82, 2.24) is 24.6 Å². The lowest BCUT2D eigenvalue weighted by atomic mass is 10.0. The quantitative estimate of drug-likeness (QED) is 0.603. The lowest BCUT2D eigenvalue weighted by molar-refractivity contribution is 0.0946. The maximum Gasteiger partial charge on any atom is 0.273 e. The molecule has 1 atom stereocenters. The van der Waals surface area contributed by atoms with Gasteiger partial charge in [0.15, 0.2) is 5.69 Å². The van der Waals surface area contributed by atoms with E-state index in [1.807, 2.05) is 0 Å². The van der Waals surface area contributed by atoms with Crippen LogP contribution < -0.4 is 14.8 Å². The van der Waals surface area contributed by atoms with Crippen LogP contribution in [0.15, 0.2) is 29.3 Å². The number of rotatable bonds is 9. The summed E-state index contributed by atoms with van der Waals surface area (Å²) in [5.41, 5.74) is 0.283. The number of nitrogens with zero attached hydrogens (tertiary/aromatic N) is 4. The van der Waals surface area contributed by atoms with Gasteiger partial charge in [-0.1, -0.05) is 11.6 Å². The van der Waals surface area contributed by atoms with Crippen LogP contribution in [-0.2, 0) is 16.6 Å². The Labute approximate surface area is 187 Å². The number of piperidine rings is 1. The van der Waals surface area contributed by atoms with E-state index in [1.165, 1.54) is 20.3 Å². The first kappa shape index (κ1) is 22.5. The number of ether oxygens (including phenoxy) is 2. The van der Waals surface area contributed by atoms with Gasteiger partial charge in [-0.05, 0) is 44.2 Å². The minimum atomic E-state index is -3.79. The van der Waals surface area contributed by atoms with E-state index in [0.29, 0.717) is 25.3 Å². The topological polar surface area (TPSA) is 116 Å². The number of aromatic nitrogens is 3. The predicted octanol–water partition coefficient (Wildman–Crippen LogP) is 1.82. The molecule has 0 spiro atoms. The molecule has 4 rings (SSSR count). The minimum absolute atomic E-state index is 0.103. The number of methoxy groups -OCH3 is 2. The van der Waals surface area contributed by atoms with E-state index >= 15 is 0 Å². The summed E-state index contributed by atoms with van der Waals surface area (Å²) in [6.07, 6.45) is 6.71. The third-order valence-electron chi connectivity index (χ3n) is 5.91. The van der Waals surface area contributed by atoms with Crippen molar-refractivity contribution in [3.63, 3.8) is 0 Å². The fraction of sp³-hybridized carbons (Fsp3) is 0.571. The molecule has 0 unspecified atom stereocenters. The molecule has 1 aromatic carbocycles. The Bertz CT molecular complexity index is 1070. The van der Waals surface area contributed by atoms with Crippen molar-refractivity contribution in [3.8, 4) is 11.5 Å². The van der Waals surface area contributed by atoms with E-state index in [0.717, 1.165) is 32.1 Å². The van der Waals surface area contributed by atoms with Gasteiger partial charge in [-0.3, -0.25) is 9.48 Å². The van der Waals surface area contributed by atoms with Crippen molar-refractivity contribution in [2.75, 3.05) is 20.8 Å². The van der Waals surface area contributed by atoms with E-state index in [2.05, 4.69) is 15.6 Å². The molecule has 1 aliphatic carbocycles. The molecule has 2 fully saturated rings. The molecular weight excluding hydrogens is 434 g/mol. The minimum Gasteiger partial charge on any atom is -0.497 e. The van der Waals surface area contributed by atoms with E-state index in [-0.39, 0.29) is 34.3 Å². The fourth-order valence-electron chi connectivity index (χ4n) is 3.97. The summed E-state index contributed by atoms with van der Waals surface area (Å²) in [5, 5.41) is 10.9. The van der Waals surface area contributed by atoms with Crippen LogP contribution in [0, 0.1) is 0 Å². The largest absolute Gasteiger partial charge is 0.497 e. The molecule has 2 heterocycles. The number of nitrogens with one attached hydrogen (secondary N) is 1. The third-order valence-corrected chi connectivity index (χ3v) is 7.88. The predicted molar refractivity (Wildman–Crippen MR) is 116 cm³/mol. The fourth-order valence-corrected chi connectivity index (χ4v) is 5.87. The van der Waals surface area contributed by atoms with Crippen LogP contribution >= 0.6 is 0 Å². The molecule has 0 bridgehead atoms. The average molecular weight is 464 g/mol. The molecule has 2 aromatic rings. The Balaban J connectivity index is 1.48. The summed E-state index contributed by atoms with van der Waals surface area (Å²) in [6.45, 7) is 0.912. The van der Waals surface area contributed by atoms with Gasteiger partial charge in [-0.15, -0.1) is 5.10 Å². The monoisotopic (exact) mass is 463 g/mol. The van der Waals surface area contributed by atoms with Crippen molar-refractivity contribution in [2.24, 2.45) is 0 Å². The van der Waals surface area contributed by atoms with Crippen LogP contribution in [0.1, 0.15) is 49.0 Å². The Morgan fingerprint density at radius 2 is 2.00 bits per heavy atom. The van der Waals surface area contributed by atoms with Gasteiger partial charge in [0.05, 0.1) is 20.4 Å². The second kappa shape index (κ2) is 9.45. The molecule has 1 saturated carbocycles. The lowest BCUT2D eigenvalue weighted by Crippen LogP contribution is -2.44. The van der Waals surface area contributed by atoms with Crippen molar-refractivity contribution in [1.29, 1.82) is 0 Å². The van der Waals surface area contributed by atoms with Crippen LogP contribution in [-0.4, -0.2) is 66.5 Å². The summed E-state index contributed by atoms with van der Waals surface area (Å²) in [4.78, 5) is 12.2. The Kier molecular flexibility index (Phi) is 6.66. The summed E-state index contributed by atoms with van der Waals surface area (Å²) in [6, 6.07) is 4.85. The van der Waals surface area contributed by atoms with Gasteiger partial charge in [-0.25, -0.2) is 8.42 Å². The zero-order valence-corrected chi connectivity index (χ0v) is 19.2. The molecular formula is C21H29N5O5S. The highest BCUT2D eigenvalue weighted by Crippen LogP contribution is 2.34. The Morgan fingerprint density at radius 3 is 2.72 bits per heavy atom. The maximum atomic E-state index is 13.6. The van der Waals surface area contributed by atoms with Gasteiger partial charge in [0.1, 0.15) is 16.4 Å². The zero-order chi connectivity index (χ0) is 22.7. The smallest absolute Gasteiger partial charge is 0.273 e. The van der Waals surface area contributed by atoms with Crippen LogP contribution in [0.3, 0.4) is 0 Å². The summed E-state index contributed by atoms with van der Waals surface area (Å²) in [7, 11) is -0.833. The molecule has 10 nitrogen and oxygen atoms in total. The highest BCUT2D eigenvalue weighted by Gasteiger charge is 2.35. The molecule has 1 aliphatic heterocycles. The van der Waals surface area contributed by atoms with E-state index in [9.17, 15) is 13.2 Å². The standard InChI is InChI=1S/C21H29N5O5S/c1-30-17-8-9-19(31-2)20(13-17)32(28,29)26-11-4-3-5-16(26)10-12-25-14-18(23-24-25)21(27)22-15-6-7-15/h8-9,13-16H,3-7,10-12H2,1-2H3,(H,22,27)/t16-/m0/s1. The maximum absolute atomic E-state index is 13.6. The highest BCUT2D eigenvalue weighted by molar-refractivity contribution is 7.89. The Morgan fingerprint density at radius 1 is 1.19 bits per heavy atom. The number of carbonyl (C=O) groups excluding carboxylic acids is 1. The summed E-state index contributed by atoms with van der Waals surface area (Å²) >= 11 is 0. The van der Waals surface area contributed by atoms with Crippen LogP contribution in [0.25, 0.3) is 0 Å². The molecule has 32 heavy (non-hydrogen) atoms. The van der Waals surface area contributed by atoms with Crippen LogP contribution in [0.4, 0.5) is 0 Å².